The largest absolute Gasteiger partial charge is 0.469 e. The van der Waals surface area contributed by atoms with Gasteiger partial charge in [0, 0.05) is 44.1 Å². The molecule has 2 aromatic heterocycles. The number of alkyl halides is 2. The van der Waals surface area contributed by atoms with Crippen molar-refractivity contribution in [3.63, 3.8) is 0 Å². The first-order chi connectivity index (χ1) is 18.4. The topological polar surface area (TPSA) is 198 Å². The molecule has 2 aromatic rings. The van der Waals surface area contributed by atoms with Gasteiger partial charge in [0.05, 0.1) is 25.4 Å². The van der Waals surface area contributed by atoms with Crippen molar-refractivity contribution in [2.75, 3.05) is 68.6 Å². The quantitative estimate of drug-likeness (QED) is 0.306. The number of phosphoric ester groups is 1. The Morgan fingerprint density at radius 3 is 2.56 bits per heavy atom. The number of amides is 1. The summed E-state index contributed by atoms with van der Waals surface area (Å²) in [6.45, 7) is -0.665. The summed E-state index contributed by atoms with van der Waals surface area (Å²) < 4.78 is 67.0. The van der Waals surface area contributed by atoms with Crippen LogP contribution in [0.3, 0.4) is 0 Å². The van der Waals surface area contributed by atoms with Crippen molar-refractivity contribution < 1.29 is 46.3 Å². The summed E-state index contributed by atoms with van der Waals surface area (Å²) in [5.74, 6) is -1.24. The molecule has 0 saturated carbocycles. The number of aromatic nitrogens is 4. The van der Waals surface area contributed by atoms with Crippen molar-refractivity contribution in [3.8, 4) is 11.3 Å². The van der Waals surface area contributed by atoms with Gasteiger partial charge < -0.3 is 40.1 Å². The SMILES string of the molecule is Nc1ncc(-c2nc(N3CCOCC3)nc(N[C@@]3(COP(=O)(O)O)CCN(C(=O)OCC(F)F)C3)c2F)cn1. The maximum atomic E-state index is 15.9. The molecular weight excluding hydrogens is 552 g/mol. The maximum absolute atomic E-state index is 15.9. The third-order valence-electron chi connectivity index (χ3n) is 5.92. The van der Waals surface area contributed by atoms with Crippen LogP contribution in [0.4, 0.5) is 35.7 Å². The van der Waals surface area contributed by atoms with Gasteiger partial charge in [0.15, 0.2) is 18.2 Å². The second-order valence-electron chi connectivity index (χ2n) is 8.77. The van der Waals surface area contributed by atoms with Crippen molar-refractivity contribution in [3.05, 3.63) is 18.2 Å². The van der Waals surface area contributed by atoms with Crippen LogP contribution in [-0.2, 0) is 18.6 Å². The Balaban J connectivity index is 1.70. The average molecular weight is 578 g/mol. The number of hydrogen-bond donors (Lipinski definition) is 4. The standard InChI is InChI=1S/C20H26F3N8O7P/c21-13(22)9-37-19(32)31-2-1-20(10-31,11-38-39(33,34)35)29-16-14(23)15(12-7-25-17(24)26-8-12)27-18(28-16)30-3-5-36-6-4-30/h7-8,13H,1-6,9-11H2,(H2,24,25,26)(H,27,28,29)(H2,33,34,35)/t20-/m0/s1. The first-order valence-electron chi connectivity index (χ1n) is 11.6. The van der Waals surface area contributed by atoms with Crippen LogP contribution in [0.5, 0.6) is 0 Å². The van der Waals surface area contributed by atoms with Gasteiger partial charge in [-0.05, 0) is 6.42 Å². The van der Waals surface area contributed by atoms with E-state index >= 15 is 4.39 Å². The fourth-order valence-corrected chi connectivity index (χ4v) is 4.46. The van der Waals surface area contributed by atoms with E-state index in [4.69, 9.17) is 15.0 Å². The summed E-state index contributed by atoms with van der Waals surface area (Å²) in [6.07, 6.45) is -1.45. The fraction of sp³-hybridized carbons (Fsp3) is 0.550. The lowest BCUT2D eigenvalue weighted by atomic mass is 10.00. The zero-order valence-corrected chi connectivity index (χ0v) is 21.3. The molecule has 19 heteroatoms. The van der Waals surface area contributed by atoms with E-state index in [2.05, 4.69) is 30.0 Å². The summed E-state index contributed by atoms with van der Waals surface area (Å²) in [5.41, 5.74) is 4.04. The normalized spacial score (nSPS) is 19.9. The summed E-state index contributed by atoms with van der Waals surface area (Å²) in [6, 6.07) is 0. The molecule has 214 valence electrons. The molecule has 0 unspecified atom stereocenters. The highest BCUT2D eigenvalue weighted by Crippen LogP contribution is 2.40. The van der Waals surface area contributed by atoms with Crippen LogP contribution in [0, 0.1) is 5.82 Å². The minimum atomic E-state index is -4.99. The van der Waals surface area contributed by atoms with Gasteiger partial charge in [0.25, 0.3) is 6.43 Å². The maximum Gasteiger partial charge on any atom is 0.469 e. The van der Waals surface area contributed by atoms with Crippen molar-refractivity contribution in [2.24, 2.45) is 0 Å². The number of likely N-dealkylation sites (tertiary alicyclic amines) is 1. The number of halogens is 3. The lowest BCUT2D eigenvalue weighted by Gasteiger charge is -2.32. The summed E-state index contributed by atoms with van der Waals surface area (Å²) >= 11 is 0. The van der Waals surface area contributed by atoms with Crippen LogP contribution in [0.1, 0.15) is 6.42 Å². The van der Waals surface area contributed by atoms with Gasteiger partial charge in [-0.25, -0.2) is 37.5 Å². The Kier molecular flexibility index (Phi) is 8.70. The predicted molar refractivity (Wildman–Crippen MR) is 128 cm³/mol. The molecule has 2 aliphatic heterocycles. The van der Waals surface area contributed by atoms with Crippen LogP contribution >= 0.6 is 7.82 Å². The zero-order chi connectivity index (χ0) is 28.2. The van der Waals surface area contributed by atoms with E-state index in [1.165, 1.54) is 12.4 Å². The molecule has 0 aromatic carbocycles. The Morgan fingerprint density at radius 2 is 1.92 bits per heavy atom. The first kappa shape index (κ1) is 28.7. The molecule has 0 spiro atoms. The zero-order valence-electron chi connectivity index (χ0n) is 20.4. The van der Waals surface area contributed by atoms with Gasteiger partial charge in [0.2, 0.25) is 11.9 Å². The molecule has 0 bridgehead atoms. The Hall–Kier alpha value is -3.31. The number of carbonyl (C=O) groups excluding carboxylic acids is 1. The summed E-state index contributed by atoms with van der Waals surface area (Å²) in [7, 11) is -4.99. The van der Waals surface area contributed by atoms with E-state index in [-0.39, 0.29) is 48.5 Å². The number of phosphoric acid groups is 1. The molecule has 2 fully saturated rings. The van der Waals surface area contributed by atoms with Crippen LogP contribution in [0.2, 0.25) is 0 Å². The minimum Gasteiger partial charge on any atom is -0.443 e. The number of carbonyl (C=O) groups is 1. The molecule has 0 aliphatic carbocycles. The van der Waals surface area contributed by atoms with Crippen LogP contribution < -0.4 is 16.0 Å². The smallest absolute Gasteiger partial charge is 0.443 e. The third-order valence-corrected chi connectivity index (χ3v) is 6.38. The average Bonchev–Trinajstić information content (AvgIpc) is 3.32. The molecule has 0 radical (unpaired) electrons. The molecule has 1 amide bonds. The first-order valence-corrected chi connectivity index (χ1v) is 13.1. The van der Waals surface area contributed by atoms with Gasteiger partial charge in [-0.15, -0.1) is 0 Å². The fourth-order valence-electron chi connectivity index (χ4n) is 4.04. The van der Waals surface area contributed by atoms with Crippen LogP contribution in [0.15, 0.2) is 12.4 Å². The van der Waals surface area contributed by atoms with E-state index in [0.29, 0.717) is 26.3 Å². The third kappa shape index (κ3) is 7.42. The second kappa shape index (κ2) is 11.8. The van der Waals surface area contributed by atoms with Gasteiger partial charge in [-0.3, -0.25) is 4.52 Å². The molecule has 4 rings (SSSR count). The van der Waals surface area contributed by atoms with E-state index in [1.54, 1.807) is 4.90 Å². The lowest BCUT2D eigenvalue weighted by Crippen LogP contribution is -2.47. The molecule has 39 heavy (non-hydrogen) atoms. The highest BCUT2D eigenvalue weighted by Gasteiger charge is 2.44. The van der Waals surface area contributed by atoms with Crippen LogP contribution in [0.25, 0.3) is 11.3 Å². The summed E-state index contributed by atoms with van der Waals surface area (Å²) in [5, 5.41) is 2.83. The van der Waals surface area contributed by atoms with Gasteiger partial charge in [0.1, 0.15) is 5.69 Å². The van der Waals surface area contributed by atoms with E-state index < -0.39 is 44.9 Å². The lowest BCUT2D eigenvalue weighted by molar-refractivity contribution is 0.0339. The van der Waals surface area contributed by atoms with Crippen molar-refractivity contribution in [1.29, 1.82) is 0 Å². The summed E-state index contributed by atoms with van der Waals surface area (Å²) in [4.78, 5) is 50.0. The van der Waals surface area contributed by atoms with Crippen LogP contribution in [-0.4, -0.2) is 105 Å². The number of ether oxygens (including phenoxy) is 2. The molecule has 2 aliphatic rings. The number of rotatable bonds is 9. The van der Waals surface area contributed by atoms with Gasteiger partial charge in [-0.2, -0.15) is 4.98 Å². The molecule has 15 nitrogen and oxygen atoms in total. The number of morpholine rings is 1. The van der Waals surface area contributed by atoms with Crippen molar-refractivity contribution >= 4 is 31.6 Å². The minimum absolute atomic E-state index is 0.0204. The number of hydrogen-bond acceptors (Lipinski definition) is 12. The van der Waals surface area contributed by atoms with Crippen molar-refractivity contribution in [1.82, 2.24) is 24.8 Å². The van der Waals surface area contributed by atoms with Gasteiger partial charge >= 0.3 is 13.9 Å². The molecular formula is C20H26F3N8O7P. The number of nitrogens with two attached hydrogens (primary N) is 1. The Morgan fingerprint density at radius 1 is 1.23 bits per heavy atom. The molecule has 1 atom stereocenters. The number of anilines is 3. The number of nitrogens with zero attached hydrogens (tertiary/aromatic N) is 6. The molecule has 5 N–H and O–H groups in total. The van der Waals surface area contributed by atoms with E-state index in [0.717, 1.165) is 4.90 Å². The van der Waals surface area contributed by atoms with Gasteiger partial charge in [-0.1, -0.05) is 0 Å². The monoisotopic (exact) mass is 578 g/mol. The van der Waals surface area contributed by atoms with Crippen molar-refractivity contribution in [2.45, 2.75) is 18.4 Å². The number of nitrogen functional groups attached to an aromatic ring is 1. The highest BCUT2D eigenvalue weighted by molar-refractivity contribution is 7.46. The Bertz CT molecular complexity index is 1220. The number of nitrogens with one attached hydrogen (secondary N) is 1. The molecule has 2 saturated heterocycles. The highest BCUT2D eigenvalue weighted by atomic mass is 31.2. The van der Waals surface area contributed by atoms with E-state index in [1.807, 2.05) is 0 Å². The second-order valence-corrected chi connectivity index (χ2v) is 10.0. The predicted octanol–water partition coefficient (Wildman–Crippen LogP) is 0.859. The Labute approximate surface area is 219 Å². The molecule has 4 heterocycles. The van der Waals surface area contributed by atoms with E-state index in [9.17, 15) is 27.9 Å².